The van der Waals surface area contributed by atoms with Crippen molar-refractivity contribution in [2.24, 2.45) is 0 Å². The van der Waals surface area contributed by atoms with E-state index in [-0.39, 0.29) is 24.0 Å². The summed E-state index contributed by atoms with van der Waals surface area (Å²) in [7, 11) is -3.72. The Balaban J connectivity index is 1.65. The molecule has 9 heteroatoms. The normalized spacial score (nSPS) is 16.0. The minimum atomic E-state index is -3.72. The van der Waals surface area contributed by atoms with Gasteiger partial charge in [-0.05, 0) is 55.0 Å². The molecule has 1 fully saturated rings. The maximum Gasteiger partial charge on any atom is 0.321 e. The summed E-state index contributed by atoms with van der Waals surface area (Å²) in [5, 5.41) is 3.35. The van der Waals surface area contributed by atoms with E-state index in [1.807, 2.05) is 0 Å². The molecule has 6 nitrogen and oxygen atoms in total. The van der Waals surface area contributed by atoms with Gasteiger partial charge >= 0.3 is 6.03 Å². The lowest BCUT2D eigenvalue weighted by Gasteiger charge is -2.22. The fourth-order valence-electron chi connectivity index (χ4n) is 2.83. The van der Waals surface area contributed by atoms with Crippen molar-refractivity contribution >= 4 is 33.3 Å². The van der Waals surface area contributed by atoms with Crippen molar-refractivity contribution in [3.63, 3.8) is 0 Å². The third kappa shape index (κ3) is 4.77. The number of carbonyl (C=O) groups excluding carboxylic acids is 1. The third-order valence-electron chi connectivity index (χ3n) is 4.29. The van der Waals surface area contributed by atoms with Gasteiger partial charge in [-0.2, -0.15) is 4.31 Å². The van der Waals surface area contributed by atoms with Crippen LogP contribution in [0.5, 0.6) is 0 Å². The standard InChI is InChI=1S/C18H19ClFN3O3S/c19-14-2-6-16(7-3-14)21-18(24)22-10-1-11-23(13-12-22)27(25,26)17-8-4-15(20)5-9-17/h2-9H,1,10-13H2,(H,21,24). The van der Waals surface area contributed by atoms with Gasteiger partial charge in [0.15, 0.2) is 0 Å². The zero-order valence-corrected chi connectivity index (χ0v) is 16.0. The molecule has 0 atom stereocenters. The van der Waals surface area contributed by atoms with Gasteiger partial charge < -0.3 is 10.2 Å². The average Bonchev–Trinajstić information content (AvgIpc) is 2.91. The Morgan fingerprint density at radius 1 is 0.963 bits per heavy atom. The molecular formula is C18H19ClFN3O3S. The van der Waals surface area contributed by atoms with Crippen LogP contribution < -0.4 is 5.32 Å². The molecule has 2 amide bonds. The van der Waals surface area contributed by atoms with Gasteiger partial charge in [-0.1, -0.05) is 11.6 Å². The summed E-state index contributed by atoms with van der Waals surface area (Å²) in [6.45, 7) is 1.17. The second-order valence-corrected chi connectivity index (χ2v) is 8.51. The van der Waals surface area contributed by atoms with Gasteiger partial charge in [-0.3, -0.25) is 0 Å². The molecule has 27 heavy (non-hydrogen) atoms. The van der Waals surface area contributed by atoms with E-state index in [0.29, 0.717) is 30.2 Å². The van der Waals surface area contributed by atoms with Gasteiger partial charge in [0.05, 0.1) is 4.90 Å². The van der Waals surface area contributed by atoms with Crippen molar-refractivity contribution in [3.05, 3.63) is 59.4 Å². The molecule has 0 radical (unpaired) electrons. The first-order chi connectivity index (χ1) is 12.9. The molecule has 0 spiro atoms. The molecular weight excluding hydrogens is 393 g/mol. The molecule has 0 aromatic heterocycles. The summed E-state index contributed by atoms with van der Waals surface area (Å²) in [4.78, 5) is 14.1. The zero-order chi connectivity index (χ0) is 19.4. The molecule has 0 unspecified atom stereocenters. The monoisotopic (exact) mass is 411 g/mol. The Kier molecular flexibility index (Phi) is 5.98. The predicted molar refractivity (Wildman–Crippen MR) is 102 cm³/mol. The van der Waals surface area contributed by atoms with E-state index in [2.05, 4.69) is 5.32 Å². The fourth-order valence-corrected chi connectivity index (χ4v) is 4.42. The molecule has 2 aromatic carbocycles. The lowest BCUT2D eigenvalue weighted by Crippen LogP contribution is -2.39. The van der Waals surface area contributed by atoms with Crippen LogP contribution in [-0.2, 0) is 10.0 Å². The Morgan fingerprint density at radius 2 is 1.63 bits per heavy atom. The summed E-state index contributed by atoms with van der Waals surface area (Å²) in [5.74, 6) is -0.491. The third-order valence-corrected chi connectivity index (χ3v) is 6.45. The number of nitrogens with one attached hydrogen (secondary N) is 1. The largest absolute Gasteiger partial charge is 0.323 e. The van der Waals surface area contributed by atoms with E-state index in [0.717, 1.165) is 12.1 Å². The summed E-state index contributed by atoms with van der Waals surface area (Å²) < 4.78 is 39.8. The summed E-state index contributed by atoms with van der Waals surface area (Å²) >= 11 is 5.83. The number of nitrogens with zero attached hydrogens (tertiary/aromatic N) is 2. The maximum absolute atomic E-state index is 13.1. The quantitative estimate of drug-likeness (QED) is 0.841. The van der Waals surface area contributed by atoms with Crippen LogP contribution in [0, 0.1) is 5.82 Å². The molecule has 1 aliphatic rings. The second-order valence-electron chi connectivity index (χ2n) is 6.14. The van der Waals surface area contributed by atoms with Gasteiger partial charge in [0, 0.05) is 36.9 Å². The molecule has 1 aliphatic heterocycles. The number of hydrogen-bond acceptors (Lipinski definition) is 3. The summed E-state index contributed by atoms with van der Waals surface area (Å²) in [6, 6.07) is 11.2. The first-order valence-corrected chi connectivity index (χ1v) is 10.3. The maximum atomic E-state index is 13.1. The van der Waals surface area contributed by atoms with Crippen LogP contribution in [0.1, 0.15) is 6.42 Å². The van der Waals surface area contributed by atoms with Crippen molar-refractivity contribution in [2.75, 3.05) is 31.5 Å². The Hall–Kier alpha value is -2.16. The van der Waals surface area contributed by atoms with E-state index in [4.69, 9.17) is 11.6 Å². The number of amides is 2. The van der Waals surface area contributed by atoms with E-state index in [1.165, 1.54) is 16.4 Å². The molecule has 0 saturated carbocycles. The van der Waals surface area contributed by atoms with Crippen LogP contribution >= 0.6 is 11.6 Å². The number of halogens is 2. The van der Waals surface area contributed by atoms with Crippen LogP contribution in [0.15, 0.2) is 53.4 Å². The number of benzene rings is 2. The van der Waals surface area contributed by atoms with Gasteiger partial charge in [-0.25, -0.2) is 17.6 Å². The highest BCUT2D eigenvalue weighted by Crippen LogP contribution is 2.19. The fraction of sp³-hybridized carbons (Fsp3) is 0.278. The van der Waals surface area contributed by atoms with Crippen molar-refractivity contribution in [2.45, 2.75) is 11.3 Å². The van der Waals surface area contributed by atoms with Crippen LogP contribution in [0.25, 0.3) is 0 Å². The number of urea groups is 1. The first kappa shape index (κ1) is 19.6. The van der Waals surface area contributed by atoms with Gasteiger partial charge in [0.2, 0.25) is 10.0 Å². The Morgan fingerprint density at radius 3 is 2.30 bits per heavy atom. The average molecular weight is 412 g/mol. The molecule has 3 rings (SSSR count). The van der Waals surface area contributed by atoms with Crippen molar-refractivity contribution in [3.8, 4) is 0 Å². The molecule has 1 heterocycles. The lowest BCUT2D eigenvalue weighted by molar-refractivity contribution is 0.214. The lowest BCUT2D eigenvalue weighted by atomic mass is 10.3. The first-order valence-electron chi connectivity index (χ1n) is 8.43. The minimum absolute atomic E-state index is 0.0444. The molecule has 1 N–H and O–H groups in total. The number of hydrogen-bond donors (Lipinski definition) is 1. The highest BCUT2D eigenvalue weighted by Gasteiger charge is 2.28. The highest BCUT2D eigenvalue weighted by molar-refractivity contribution is 7.89. The summed E-state index contributed by atoms with van der Waals surface area (Å²) in [6.07, 6.45) is 0.508. The van der Waals surface area contributed by atoms with Crippen LogP contribution in [0.2, 0.25) is 5.02 Å². The minimum Gasteiger partial charge on any atom is -0.323 e. The van der Waals surface area contributed by atoms with Crippen molar-refractivity contribution in [1.82, 2.24) is 9.21 Å². The van der Waals surface area contributed by atoms with Crippen LogP contribution in [-0.4, -0.2) is 49.8 Å². The number of anilines is 1. The van der Waals surface area contributed by atoms with E-state index in [9.17, 15) is 17.6 Å². The van der Waals surface area contributed by atoms with Gasteiger partial charge in [0.1, 0.15) is 5.82 Å². The van der Waals surface area contributed by atoms with Gasteiger partial charge in [0.25, 0.3) is 0 Å². The van der Waals surface area contributed by atoms with Gasteiger partial charge in [-0.15, -0.1) is 0 Å². The Labute approximate surface area is 162 Å². The van der Waals surface area contributed by atoms with Crippen molar-refractivity contribution in [1.29, 1.82) is 0 Å². The number of carbonyl (C=O) groups is 1. The van der Waals surface area contributed by atoms with E-state index in [1.54, 1.807) is 29.2 Å². The van der Waals surface area contributed by atoms with Crippen LogP contribution in [0.3, 0.4) is 0 Å². The molecule has 2 aromatic rings. The zero-order valence-electron chi connectivity index (χ0n) is 14.4. The number of rotatable bonds is 3. The van der Waals surface area contributed by atoms with Crippen LogP contribution in [0.4, 0.5) is 14.9 Å². The topological polar surface area (TPSA) is 69.7 Å². The smallest absolute Gasteiger partial charge is 0.321 e. The van der Waals surface area contributed by atoms with E-state index < -0.39 is 15.8 Å². The number of sulfonamides is 1. The molecule has 0 bridgehead atoms. The summed E-state index contributed by atoms with van der Waals surface area (Å²) in [5.41, 5.74) is 0.615. The van der Waals surface area contributed by atoms with E-state index >= 15 is 0 Å². The SMILES string of the molecule is O=C(Nc1ccc(Cl)cc1)N1CCCN(S(=O)(=O)c2ccc(F)cc2)CC1. The molecule has 1 saturated heterocycles. The predicted octanol–water partition coefficient (Wildman–Crippen LogP) is 3.41. The molecule has 0 aliphatic carbocycles. The Bertz CT molecular complexity index is 904. The highest BCUT2D eigenvalue weighted by atomic mass is 35.5. The van der Waals surface area contributed by atoms with Crippen molar-refractivity contribution < 1.29 is 17.6 Å². The second kappa shape index (κ2) is 8.24. The molecule has 144 valence electrons.